The van der Waals surface area contributed by atoms with Gasteiger partial charge in [-0.3, -0.25) is 0 Å². The lowest BCUT2D eigenvalue weighted by Gasteiger charge is -2.14. The van der Waals surface area contributed by atoms with Gasteiger partial charge in [-0.1, -0.05) is 19.1 Å². The van der Waals surface area contributed by atoms with Crippen LogP contribution in [0.15, 0.2) is 12.1 Å². The second-order valence-electron chi connectivity index (χ2n) is 5.37. The highest BCUT2D eigenvalue weighted by Gasteiger charge is 2.07. The monoisotopic (exact) mass is 281 g/mol. The van der Waals surface area contributed by atoms with Gasteiger partial charge in [0.25, 0.3) is 0 Å². The SMILES string of the molecule is CCCSCCCc1cc(CN(C)C)cc(C)c1O. The number of benzene rings is 1. The fourth-order valence-corrected chi connectivity index (χ4v) is 3.03. The number of rotatable bonds is 8. The van der Waals surface area contributed by atoms with E-state index in [1.165, 1.54) is 23.5 Å². The minimum Gasteiger partial charge on any atom is -0.507 e. The van der Waals surface area contributed by atoms with Crippen molar-refractivity contribution in [1.29, 1.82) is 0 Å². The molecule has 19 heavy (non-hydrogen) atoms. The Bertz CT molecular complexity index is 391. The van der Waals surface area contributed by atoms with E-state index in [0.29, 0.717) is 5.75 Å². The van der Waals surface area contributed by atoms with Crippen LogP contribution in [0.1, 0.15) is 36.5 Å². The van der Waals surface area contributed by atoms with E-state index in [-0.39, 0.29) is 0 Å². The van der Waals surface area contributed by atoms with Gasteiger partial charge >= 0.3 is 0 Å². The van der Waals surface area contributed by atoms with Gasteiger partial charge in [-0.25, -0.2) is 0 Å². The highest BCUT2D eigenvalue weighted by molar-refractivity contribution is 7.99. The van der Waals surface area contributed by atoms with Crippen LogP contribution in [-0.4, -0.2) is 35.6 Å². The quantitative estimate of drug-likeness (QED) is 0.732. The van der Waals surface area contributed by atoms with Crippen LogP contribution in [0, 0.1) is 6.92 Å². The number of aromatic hydroxyl groups is 1. The average Bonchev–Trinajstić information content (AvgIpc) is 2.34. The van der Waals surface area contributed by atoms with E-state index in [2.05, 4.69) is 38.1 Å². The first-order valence-electron chi connectivity index (χ1n) is 7.08. The molecule has 0 unspecified atom stereocenters. The van der Waals surface area contributed by atoms with Gasteiger partial charge in [0.05, 0.1) is 0 Å². The Kier molecular flexibility index (Phi) is 7.32. The van der Waals surface area contributed by atoms with Crippen molar-refractivity contribution in [3.8, 4) is 5.75 Å². The van der Waals surface area contributed by atoms with Crippen molar-refractivity contribution in [3.05, 3.63) is 28.8 Å². The zero-order valence-corrected chi connectivity index (χ0v) is 13.5. The minimum atomic E-state index is 0.489. The molecule has 0 aliphatic heterocycles. The van der Waals surface area contributed by atoms with Crippen LogP contribution in [-0.2, 0) is 13.0 Å². The van der Waals surface area contributed by atoms with E-state index >= 15 is 0 Å². The molecule has 0 aromatic heterocycles. The van der Waals surface area contributed by atoms with E-state index in [1.54, 1.807) is 0 Å². The molecule has 0 atom stereocenters. The molecule has 0 saturated carbocycles. The number of phenols is 1. The van der Waals surface area contributed by atoms with E-state index < -0.39 is 0 Å². The fourth-order valence-electron chi connectivity index (χ4n) is 2.19. The van der Waals surface area contributed by atoms with Crippen molar-refractivity contribution in [2.45, 2.75) is 39.7 Å². The number of phenolic OH excluding ortho intramolecular Hbond substituents is 1. The second kappa shape index (κ2) is 8.49. The molecule has 3 heteroatoms. The van der Waals surface area contributed by atoms with Crippen LogP contribution >= 0.6 is 11.8 Å². The molecule has 2 nitrogen and oxygen atoms in total. The van der Waals surface area contributed by atoms with E-state index in [9.17, 15) is 5.11 Å². The van der Waals surface area contributed by atoms with Crippen LogP contribution in [0.5, 0.6) is 5.75 Å². The van der Waals surface area contributed by atoms with Gasteiger partial charge in [0.1, 0.15) is 5.75 Å². The summed E-state index contributed by atoms with van der Waals surface area (Å²) < 4.78 is 0. The molecule has 0 amide bonds. The van der Waals surface area contributed by atoms with Gasteiger partial charge in [-0.05, 0) is 68.5 Å². The molecule has 0 heterocycles. The molecule has 1 N–H and O–H groups in total. The Labute approximate surface area is 122 Å². The molecule has 0 spiro atoms. The third kappa shape index (κ3) is 5.87. The third-order valence-electron chi connectivity index (χ3n) is 3.02. The maximum atomic E-state index is 10.1. The normalized spacial score (nSPS) is 11.2. The van der Waals surface area contributed by atoms with Gasteiger partial charge in [0.15, 0.2) is 0 Å². The average molecular weight is 281 g/mol. The standard InChI is InChI=1S/C16H27NOS/c1-5-8-19-9-6-7-15-11-14(12-17(3)4)10-13(2)16(15)18/h10-11,18H,5-9,12H2,1-4H3. The largest absolute Gasteiger partial charge is 0.507 e. The summed E-state index contributed by atoms with van der Waals surface area (Å²) in [6.07, 6.45) is 3.36. The molecule has 0 bridgehead atoms. The van der Waals surface area contributed by atoms with Crippen molar-refractivity contribution >= 4 is 11.8 Å². The summed E-state index contributed by atoms with van der Waals surface area (Å²) in [5.41, 5.74) is 3.39. The lowest BCUT2D eigenvalue weighted by Crippen LogP contribution is -2.11. The number of hydrogen-bond acceptors (Lipinski definition) is 3. The molecule has 1 rings (SSSR count). The summed E-state index contributed by atoms with van der Waals surface area (Å²) >= 11 is 2.01. The van der Waals surface area contributed by atoms with Gasteiger partial charge in [-0.15, -0.1) is 0 Å². The Balaban J connectivity index is 2.62. The van der Waals surface area contributed by atoms with Crippen molar-refractivity contribution in [2.75, 3.05) is 25.6 Å². The van der Waals surface area contributed by atoms with Crippen molar-refractivity contribution < 1.29 is 5.11 Å². The predicted octanol–water partition coefficient (Wildman–Crippen LogP) is 3.84. The fraction of sp³-hybridized carbons (Fsp3) is 0.625. The molecular weight excluding hydrogens is 254 g/mol. The van der Waals surface area contributed by atoms with E-state index in [4.69, 9.17) is 0 Å². The van der Waals surface area contributed by atoms with Crippen LogP contribution in [0.2, 0.25) is 0 Å². The number of aryl methyl sites for hydroxylation is 2. The molecule has 0 aliphatic rings. The maximum absolute atomic E-state index is 10.1. The third-order valence-corrected chi connectivity index (χ3v) is 4.30. The van der Waals surface area contributed by atoms with Gasteiger partial charge in [-0.2, -0.15) is 11.8 Å². The first kappa shape index (κ1) is 16.4. The van der Waals surface area contributed by atoms with Crippen LogP contribution in [0.3, 0.4) is 0 Å². The highest BCUT2D eigenvalue weighted by Crippen LogP contribution is 2.26. The summed E-state index contributed by atoms with van der Waals surface area (Å²) in [6.45, 7) is 5.13. The van der Waals surface area contributed by atoms with Crippen molar-refractivity contribution in [3.63, 3.8) is 0 Å². The molecule has 1 aromatic carbocycles. The smallest absolute Gasteiger partial charge is 0.121 e. The highest BCUT2D eigenvalue weighted by atomic mass is 32.2. The zero-order valence-electron chi connectivity index (χ0n) is 12.7. The lowest BCUT2D eigenvalue weighted by atomic mass is 10.0. The van der Waals surface area contributed by atoms with Crippen molar-refractivity contribution in [1.82, 2.24) is 4.90 Å². The summed E-state index contributed by atoms with van der Waals surface area (Å²) in [7, 11) is 4.15. The molecule has 0 saturated heterocycles. The number of hydrogen-bond donors (Lipinski definition) is 1. The molecule has 108 valence electrons. The Morgan fingerprint density at radius 2 is 1.95 bits per heavy atom. The van der Waals surface area contributed by atoms with Gasteiger partial charge in [0, 0.05) is 6.54 Å². The topological polar surface area (TPSA) is 23.5 Å². The summed E-state index contributed by atoms with van der Waals surface area (Å²) in [4.78, 5) is 2.16. The first-order valence-corrected chi connectivity index (χ1v) is 8.24. The maximum Gasteiger partial charge on any atom is 0.121 e. The second-order valence-corrected chi connectivity index (χ2v) is 6.60. The Morgan fingerprint density at radius 3 is 2.58 bits per heavy atom. The Morgan fingerprint density at radius 1 is 1.21 bits per heavy atom. The number of nitrogens with zero attached hydrogens (tertiary/aromatic N) is 1. The zero-order chi connectivity index (χ0) is 14.3. The Hall–Kier alpha value is -0.670. The molecular formula is C16H27NOS. The molecule has 0 aliphatic carbocycles. The minimum absolute atomic E-state index is 0.489. The van der Waals surface area contributed by atoms with Gasteiger partial charge < -0.3 is 10.0 Å². The van der Waals surface area contributed by atoms with E-state index in [0.717, 1.165) is 30.5 Å². The van der Waals surface area contributed by atoms with Gasteiger partial charge in [0.2, 0.25) is 0 Å². The lowest BCUT2D eigenvalue weighted by molar-refractivity contribution is 0.401. The van der Waals surface area contributed by atoms with Crippen LogP contribution in [0.4, 0.5) is 0 Å². The summed E-state index contributed by atoms with van der Waals surface area (Å²) in [6, 6.07) is 4.25. The molecule has 0 radical (unpaired) electrons. The van der Waals surface area contributed by atoms with Crippen molar-refractivity contribution in [2.24, 2.45) is 0 Å². The predicted molar refractivity (Wildman–Crippen MR) is 86.2 cm³/mol. The molecule has 0 fully saturated rings. The molecule has 1 aromatic rings. The summed E-state index contributed by atoms with van der Waals surface area (Å²) in [5.74, 6) is 2.92. The van der Waals surface area contributed by atoms with Crippen LogP contribution < -0.4 is 0 Å². The number of thioether (sulfide) groups is 1. The van der Waals surface area contributed by atoms with Crippen LogP contribution in [0.25, 0.3) is 0 Å². The first-order chi connectivity index (χ1) is 9.04. The van der Waals surface area contributed by atoms with E-state index in [1.807, 2.05) is 18.7 Å². The summed E-state index contributed by atoms with van der Waals surface area (Å²) in [5, 5.41) is 10.1.